The van der Waals surface area contributed by atoms with E-state index in [1.54, 1.807) is 20.3 Å². The van der Waals surface area contributed by atoms with E-state index in [2.05, 4.69) is 61.7 Å². The van der Waals surface area contributed by atoms with E-state index in [1.807, 2.05) is 6.07 Å². The van der Waals surface area contributed by atoms with Crippen molar-refractivity contribution < 1.29 is 22.3 Å². The summed E-state index contributed by atoms with van der Waals surface area (Å²) in [5.74, 6) is -0.0547. The summed E-state index contributed by atoms with van der Waals surface area (Å²) in [4.78, 5) is 27.6. The number of carbonyl (C=O) groups excluding carboxylic acids is 1. The van der Waals surface area contributed by atoms with E-state index < -0.39 is 15.8 Å². The Morgan fingerprint density at radius 1 is 1.08 bits per heavy atom. The molecule has 0 aliphatic carbocycles. The summed E-state index contributed by atoms with van der Waals surface area (Å²) in [5, 5.41) is 14.6. The van der Waals surface area contributed by atoms with Gasteiger partial charge in [0.2, 0.25) is 10.0 Å². The van der Waals surface area contributed by atoms with Crippen molar-refractivity contribution in [1.82, 2.24) is 33.5 Å². The van der Waals surface area contributed by atoms with Gasteiger partial charge in [-0.05, 0) is 68.1 Å². The fourth-order valence-electron chi connectivity index (χ4n) is 7.11. The lowest BCUT2D eigenvalue weighted by atomic mass is 10.0. The normalized spacial score (nSPS) is 17.2. The van der Waals surface area contributed by atoms with Gasteiger partial charge in [-0.25, -0.2) is 22.8 Å². The van der Waals surface area contributed by atoms with Gasteiger partial charge in [0.1, 0.15) is 23.3 Å². The molecular weight excluding hydrogens is 686 g/mol. The average molecular weight is 732 g/mol. The molecule has 0 radical (unpaired) electrons. The van der Waals surface area contributed by atoms with Crippen molar-refractivity contribution in [1.29, 1.82) is 5.26 Å². The largest absolute Gasteiger partial charge is 0.435 e. The number of aromatic nitrogens is 3. The molecule has 0 bridgehead atoms. The third kappa shape index (κ3) is 8.20. The van der Waals surface area contributed by atoms with E-state index in [0.717, 1.165) is 55.0 Å². The molecule has 2 saturated heterocycles. The zero-order chi connectivity index (χ0) is 37.2. The highest BCUT2D eigenvalue weighted by Gasteiger charge is 2.28. The van der Waals surface area contributed by atoms with Gasteiger partial charge in [0.25, 0.3) is 11.8 Å². The number of hydrogen-bond donors (Lipinski definition) is 1. The summed E-state index contributed by atoms with van der Waals surface area (Å²) in [6.45, 7) is 9.69. The minimum atomic E-state index is -3.19. The molecule has 2 aliphatic heterocycles. The number of piperidine rings is 1. The molecule has 1 atom stereocenters. The maximum Gasteiger partial charge on any atom is 0.262 e. The Kier molecular flexibility index (Phi) is 11.1. The van der Waals surface area contributed by atoms with Crippen LogP contribution in [0.15, 0.2) is 48.8 Å². The van der Waals surface area contributed by atoms with Crippen molar-refractivity contribution >= 4 is 32.7 Å². The van der Waals surface area contributed by atoms with E-state index >= 15 is 0 Å². The summed E-state index contributed by atoms with van der Waals surface area (Å²) in [6.07, 6.45) is 6.08. The van der Waals surface area contributed by atoms with Gasteiger partial charge in [-0.2, -0.15) is 9.57 Å². The summed E-state index contributed by atoms with van der Waals surface area (Å²) in [7, 11) is -0.00242. The van der Waals surface area contributed by atoms with Crippen LogP contribution in [0.2, 0.25) is 0 Å². The quantitative estimate of drug-likeness (QED) is 0.238. The van der Waals surface area contributed by atoms with Crippen LogP contribution in [0, 0.1) is 24.1 Å². The molecule has 52 heavy (non-hydrogen) atoms. The SMILES string of the molecule is Cc1c(CN2CCC(Nc3nccnc3Oc3ccc(F)cc3C(=O)N(C)C)CC2)ccc2c1cc(C#N)n2CC(C)N1CCN(S(C)(=O)=O)CC1. The number of fused-ring (bicyclic) bond motifs is 1. The molecule has 2 aliphatic rings. The lowest BCUT2D eigenvalue weighted by Gasteiger charge is -2.37. The molecule has 2 fully saturated rings. The number of anilines is 1. The highest BCUT2D eigenvalue weighted by Crippen LogP contribution is 2.32. The minimum absolute atomic E-state index is 0.0978. The number of halogens is 1. The molecule has 2 aromatic heterocycles. The minimum Gasteiger partial charge on any atom is -0.435 e. The number of rotatable bonds is 11. The molecule has 276 valence electrons. The maximum atomic E-state index is 14.0. The zero-order valence-corrected chi connectivity index (χ0v) is 31.2. The third-order valence-corrected chi connectivity index (χ3v) is 11.5. The van der Waals surface area contributed by atoms with Crippen molar-refractivity contribution in [2.24, 2.45) is 0 Å². The summed E-state index contributed by atoms with van der Waals surface area (Å²) in [5.41, 5.74) is 4.13. The monoisotopic (exact) mass is 731 g/mol. The van der Waals surface area contributed by atoms with Crippen molar-refractivity contribution in [2.75, 3.05) is 64.9 Å². The predicted octanol–water partition coefficient (Wildman–Crippen LogP) is 4.29. The second-order valence-corrected chi connectivity index (χ2v) is 15.9. The number of hydrogen-bond acceptors (Lipinski definition) is 10. The van der Waals surface area contributed by atoms with Crippen molar-refractivity contribution in [2.45, 2.75) is 51.9 Å². The van der Waals surface area contributed by atoms with Gasteiger partial charge < -0.3 is 19.5 Å². The van der Waals surface area contributed by atoms with Crippen LogP contribution in [0.25, 0.3) is 10.9 Å². The number of likely N-dealkylation sites (tertiary alicyclic amines) is 1. The topological polar surface area (TPSA) is 140 Å². The van der Waals surface area contributed by atoms with Crippen LogP contribution in [0.1, 0.15) is 46.9 Å². The molecule has 15 heteroatoms. The Bertz CT molecular complexity index is 2080. The third-order valence-electron chi connectivity index (χ3n) is 10.2. The lowest BCUT2D eigenvalue weighted by molar-refractivity contribution is 0.0824. The van der Waals surface area contributed by atoms with Crippen molar-refractivity contribution in [3.05, 3.63) is 77.0 Å². The van der Waals surface area contributed by atoms with Gasteiger partial charge in [0.15, 0.2) is 5.82 Å². The number of nitriles is 1. The fraction of sp³-hybridized carbons (Fsp3) is 0.459. The van der Waals surface area contributed by atoms with E-state index in [1.165, 1.54) is 39.4 Å². The Morgan fingerprint density at radius 2 is 1.79 bits per heavy atom. The average Bonchev–Trinajstić information content (AvgIpc) is 3.48. The fourth-order valence-corrected chi connectivity index (χ4v) is 7.94. The van der Waals surface area contributed by atoms with Gasteiger partial charge in [-0.15, -0.1) is 0 Å². The van der Waals surface area contributed by atoms with Crippen LogP contribution in [-0.2, 0) is 23.1 Å². The Hall–Kier alpha value is -4.62. The van der Waals surface area contributed by atoms with Gasteiger partial charge in [0, 0.05) is 102 Å². The van der Waals surface area contributed by atoms with Crippen LogP contribution < -0.4 is 10.1 Å². The molecule has 1 unspecified atom stereocenters. The first kappa shape index (κ1) is 37.1. The molecule has 1 amide bonds. The number of nitrogens with zero attached hydrogens (tertiary/aromatic N) is 8. The van der Waals surface area contributed by atoms with Gasteiger partial charge in [-0.3, -0.25) is 14.6 Å². The van der Waals surface area contributed by atoms with Gasteiger partial charge in [0.05, 0.1) is 11.8 Å². The number of benzene rings is 2. The van der Waals surface area contributed by atoms with Crippen molar-refractivity contribution in [3.8, 4) is 17.7 Å². The highest BCUT2D eigenvalue weighted by atomic mass is 32.2. The summed E-state index contributed by atoms with van der Waals surface area (Å²) >= 11 is 0. The number of aryl methyl sites for hydroxylation is 1. The number of amides is 1. The number of carbonyl (C=O) groups is 1. The summed E-state index contributed by atoms with van der Waals surface area (Å²) in [6, 6.07) is 12.8. The first-order chi connectivity index (χ1) is 24.8. The van der Waals surface area contributed by atoms with Crippen LogP contribution in [0.5, 0.6) is 11.6 Å². The highest BCUT2D eigenvalue weighted by molar-refractivity contribution is 7.88. The molecule has 13 nitrogen and oxygen atoms in total. The number of piperazine rings is 1. The van der Waals surface area contributed by atoms with Crippen LogP contribution in [0.3, 0.4) is 0 Å². The number of sulfonamides is 1. The molecule has 0 spiro atoms. The van der Waals surface area contributed by atoms with E-state index in [4.69, 9.17) is 4.74 Å². The Labute approximate surface area is 304 Å². The number of nitrogens with one attached hydrogen (secondary N) is 1. The van der Waals surface area contributed by atoms with Crippen LogP contribution in [0.4, 0.5) is 10.2 Å². The van der Waals surface area contributed by atoms with Gasteiger partial charge >= 0.3 is 0 Å². The second kappa shape index (κ2) is 15.5. The molecule has 2 aromatic carbocycles. The first-order valence-corrected chi connectivity index (χ1v) is 19.4. The van der Waals surface area contributed by atoms with Gasteiger partial charge in [-0.1, -0.05) is 6.07 Å². The molecule has 4 heterocycles. The van der Waals surface area contributed by atoms with E-state index in [0.29, 0.717) is 44.2 Å². The molecule has 4 aromatic rings. The lowest BCUT2D eigenvalue weighted by Crippen LogP contribution is -2.51. The number of ether oxygens (including phenoxy) is 1. The second-order valence-electron chi connectivity index (χ2n) is 13.9. The predicted molar refractivity (Wildman–Crippen MR) is 197 cm³/mol. The van der Waals surface area contributed by atoms with Crippen LogP contribution >= 0.6 is 0 Å². The maximum absolute atomic E-state index is 14.0. The molecule has 6 rings (SSSR count). The van der Waals surface area contributed by atoms with E-state index in [-0.39, 0.29) is 35.2 Å². The molecule has 1 N–H and O–H groups in total. The van der Waals surface area contributed by atoms with Crippen LogP contribution in [-0.4, -0.2) is 120 Å². The first-order valence-electron chi connectivity index (χ1n) is 17.5. The smallest absolute Gasteiger partial charge is 0.262 e. The molecule has 0 saturated carbocycles. The standard InChI is InChI=1S/C37H46FN9O4S/c1-25(45-16-18-46(19-17-45)52(5,49)50)23-47-30(22-39)21-31-26(2)27(6-8-33(31)47)24-44-14-10-29(11-15-44)42-35-36(41-13-12-40-35)51-34-9-7-28(38)20-32(34)37(48)43(3)4/h6-9,12-13,20-21,25,29H,10-11,14-19,23-24H2,1-5H3,(H,40,42). The zero-order valence-electron chi connectivity index (χ0n) is 30.3. The Balaban J connectivity index is 1.08. The van der Waals surface area contributed by atoms with Crippen molar-refractivity contribution in [3.63, 3.8) is 0 Å². The Morgan fingerprint density at radius 3 is 2.46 bits per heavy atom. The molecular formula is C37H46FN9O4S. The van der Waals surface area contributed by atoms with E-state index in [9.17, 15) is 22.9 Å². The summed E-state index contributed by atoms with van der Waals surface area (Å²) < 4.78 is 47.6.